The van der Waals surface area contributed by atoms with E-state index < -0.39 is 5.60 Å². The molecular formula is C29H58N2O4. The van der Waals surface area contributed by atoms with Crippen LogP contribution in [0.5, 0.6) is 0 Å². The van der Waals surface area contributed by atoms with Gasteiger partial charge in [-0.15, -0.1) is 0 Å². The van der Waals surface area contributed by atoms with Crippen molar-refractivity contribution in [3.63, 3.8) is 0 Å². The third kappa shape index (κ3) is 20.7. The van der Waals surface area contributed by atoms with Crippen molar-refractivity contribution in [1.82, 2.24) is 10.6 Å². The average Bonchev–Trinajstić information content (AvgIpc) is 2.70. The summed E-state index contributed by atoms with van der Waals surface area (Å²) in [5.74, 6) is 0.290. The van der Waals surface area contributed by atoms with Gasteiger partial charge in [0.1, 0.15) is 5.60 Å². The van der Waals surface area contributed by atoms with Crippen molar-refractivity contribution >= 4 is 11.9 Å². The van der Waals surface area contributed by atoms with Gasteiger partial charge in [-0.3, -0.25) is 9.59 Å². The van der Waals surface area contributed by atoms with Crippen molar-refractivity contribution in [3.8, 4) is 0 Å². The van der Waals surface area contributed by atoms with E-state index in [9.17, 15) is 9.59 Å². The van der Waals surface area contributed by atoms with E-state index in [0.29, 0.717) is 37.5 Å². The molecule has 0 bridgehead atoms. The minimum absolute atomic E-state index is 0.0509. The molecule has 2 atom stereocenters. The van der Waals surface area contributed by atoms with Crippen LogP contribution in [0.2, 0.25) is 0 Å². The minimum atomic E-state index is -0.451. The highest BCUT2D eigenvalue weighted by Gasteiger charge is 2.29. The van der Waals surface area contributed by atoms with Crippen molar-refractivity contribution in [2.75, 3.05) is 13.2 Å². The molecule has 0 fully saturated rings. The Bertz CT molecular complexity index is 570. The van der Waals surface area contributed by atoms with E-state index in [0.717, 1.165) is 64.3 Å². The van der Waals surface area contributed by atoms with E-state index in [2.05, 4.69) is 52.2 Å². The number of nitrogens with one attached hydrogen (secondary N) is 2. The molecule has 0 aliphatic carbocycles. The molecule has 6 nitrogen and oxygen atoms in total. The van der Waals surface area contributed by atoms with Crippen LogP contribution in [0.15, 0.2) is 0 Å². The molecule has 0 heterocycles. The number of carbonyl (C=O) groups is 2. The lowest BCUT2D eigenvalue weighted by molar-refractivity contribution is -0.156. The van der Waals surface area contributed by atoms with E-state index in [1.807, 2.05) is 20.8 Å². The van der Waals surface area contributed by atoms with Gasteiger partial charge in [0.05, 0.1) is 13.0 Å². The van der Waals surface area contributed by atoms with Gasteiger partial charge in [0.15, 0.2) is 0 Å². The summed E-state index contributed by atoms with van der Waals surface area (Å²) in [7, 11) is 0. The van der Waals surface area contributed by atoms with Crippen LogP contribution in [-0.2, 0) is 19.1 Å². The van der Waals surface area contributed by atoms with Gasteiger partial charge in [-0.25, -0.2) is 0 Å². The van der Waals surface area contributed by atoms with Gasteiger partial charge in [-0.1, -0.05) is 46.5 Å². The quantitative estimate of drug-likeness (QED) is 0.146. The Morgan fingerprint density at radius 1 is 0.829 bits per heavy atom. The van der Waals surface area contributed by atoms with Crippen LogP contribution in [0.25, 0.3) is 0 Å². The molecule has 0 aromatic carbocycles. The molecule has 0 amide bonds. The molecule has 0 aromatic rings. The molecule has 0 rings (SSSR count). The Morgan fingerprint density at radius 2 is 1.51 bits per heavy atom. The van der Waals surface area contributed by atoms with Gasteiger partial charge < -0.3 is 20.1 Å². The van der Waals surface area contributed by atoms with Gasteiger partial charge in [0.25, 0.3) is 0 Å². The maximum atomic E-state index is 12.3. The first-order valence-corrected chi connectivity index (χ1v) is 14.1. The van der Waals surface area contributed by atoms with Gasteiger partial charge in [-0.2, -0.15) is 0 Å². The smallest absolute Gasteiger partial charge is 0.308 e. The number of rotatable bonds is 20. The lowest BCUT2D eigenvalue weighted by Crippen LogP contribution is -2.50. The highest BCUT2D eigenvalue weighted by molar-refractivity contribution is 5.71. The minimum Gasteiger partial charge on any atom is -0.466 e. The number of hydrogen-bond acceptors (Lipinski definition) is 6. The van der Waals surface area contributed by atoms with Crippen molar-refractivity contribution in [2.24, 2.45) is 5.92 Å². The monoisotopic (exact) mass is 498 g/mol. The van der Waals surface area contributed by atoms with E-state index in [-0.39, 0.29) is 17.5 Å². The standard InChI is InChI=1S/C29H58N2O4/c1-10-11-15-21-34-26(32)19-13-12-14-20-30-24(4)17-16-18-25(23(2)3)31-29(8,9)22-27(33)35-28(5,6)7/h23-25,30-31H,10-22H2,1-9H3. The molecule has 208 valence electrons. The molecule has 2 N–H and O–H groups in total. The number of hydrogen-bond donors (Lipinski definition) is 2. The summed E-state index contributed by atoms with van der Waals surface area (Å²) < 4.78 is 10.8. The fourth-order valence-electron chi connectivity index (χ4n) is 4.14. The van der Waals surface area contributed by atoms with Crippen molar-refractivity contribution in [1.29, 1.82) is 0 Å². The Balaban J connectivity index is 4.08. The number of esters is 2. The lowest BCUT2D eigenvalue weighted by atomic mass is 9.92. The topological polar surface area (TPSA) is 76.7 Å². The zero-order valence-electron chi connectivity index (χ0n) is 24.6. The van der Waals surface area contributed by atoms with Crippen LogP contribution < -0.4 is 10.6 Å². The van der Waals surface area contributed by atoms with Crippen LogP contribution in [0.1, 0.15) is 133 Å². The molecule has 0 saturated carbocycles. The average molecular weight is 499 g/mol. The zero-order chi connectivity index (χ0) is 26.9. The normalized spacial score (nSPS) is 14.1. The first-order valence-electron chi connectivity index (χ1n) is 14.1. The molecule has 35 heavy (non-hydrogen) atoms. The largest absolute Gasteiger partial charge is 0.466 e. The summed E-state index contributed by atoms with van der Waals surface area (Å²) >= 11 is 0. The Kier molecular flexibility index (Phi) is 17.6. The maximum absolute atomic E-state index is 12.3. The van der Waals surface area contributed by atoms with Crippen LogP contribution in [0, 0.1) is 5.92 Å². The molecule has 2 unspecified atom stereocenters. The summed E-state index contributed by atoms with van der Waals surface area (Å²) in [6, 6.07) is 0.836. The fourth-order valence-corrected chi connectivity index (χ4v) is 4.14. The molecule has 0 aliphatic heterocycles. The zero-order valence-corrected chi connectivity index (χ0v) is 24.6. The van der Waals surface area contributed by atoms with Crippen LogP contribution in [-0.4, -0.2) is 48.3 Å². The molecule has 6 heteroatoms. The highest BCUT2D eigenvalue weighted by atomic mass is 16.6. The van der Waals surface area contributed by atoms with Gasteiger partial charge in [0, 0.05) is 24.0 Å². The van der Waals surface area contributed by atoms with Gasteiger partial charge >= 0.3 is 11.9 Å². The fraction of sp³-hybridized carbons (Fsp3) is 0.931. The first-order chi connectivity index (χ1) is 16.3. The molecule has 0 aromatic heterocycles. The van der Waals surface area contributed by atoms with Crippen molar-refractivity contribution in [3.05, 3.63) is 0 Å². The molecule has 0 saturated heterocycles. The summed E-state index contributed by atoms with van der Waals surface area (Å²) in [5.41, 5.74) is -0.753. The Hall–Kier alpha value is -1.14. The SMILES string of the molecule is CCCCCOC(=O)CCCCCNC(C)CCCC(NC(C)(C)CC(=O)OC(C)(C)C)C(C)C. The van der Waals surface area contributed by atoms with Gasteiger partial charge in [-0.05, 0) is 86.1 Å². The second-order valence-corrected chi connectivity index (χ2v) is 12.2. The van der Waals surface area contributed by atoms with Crippen LogP contribution in [0.3, 0.4) is 0 Å². The lowest BCUT2D eigenvalue weighted by Gasteiger charge is -2.34. The third-order valence-corrected chi connectivity index (χ3v) is 6.10. The molecule has 0 spiro atoms. The number of carbonyl (C=O) groups excluding carboxylic acids is 2. The summed E-state index contributed by atoms with van der Waals surface area (Å²) in [4.78, 5) is 24.0. The van der Waals surface area contributed by atoms with E-state index >= 15 is 0 Å². The first kappa shape index (κ1) is 33.9. The molecular weight excluding hydrogens is 440 g/mol. The summed E-state index contributed by atoms with van der Waals surface area (Å²) in [6.07, 6.45) is 10.5. The molecule has 0 aliphatic rings. The van der Waals surface area contributed by atoms with Crippen molar-refractivity contribution < 1.29 is 19.1 Å². The van der Waals surface area contributed by atoms with Crippen LogP contribution >= 0.6 is 0 Å². The van der Waals surface area contributed by atoms with E-state index in [4.69, 9.17) is 9.47 Å². The summed E-state index contributed by atoms with van der Waals surface area (Å²) in [6.45, 7) is 20.3. The summed E-state index contributed by atoms with van der Waals surface area (Å²) in [5, 5.41) is 7.34. The highest BCUT2D eigenvalue weighted by Crippen LogP contribution is 2.20. The predicted molar refractivity (Wildman–Crippen MR) is 147 cm³/mol. The van der Waals surface area contributed by atoms with E-state index in [1.54, 1.807) is 0 Å². The van der Waals surface area contributed by atoms with Gasteiger partial charge in [0.2, 0.25) is 0 Å². The van der Waals surface area contributed by atoms with Crippen molar-refractivity contribution in [2.45, 2.75) is 156 Å². The Labute approximate surface area is 217 Å². The van der Waals surface area contributed by atoms with Crippen LogP contribution in [0.4, 0.5) is 0 Å². The Morgan fingerprint density at radius 3 is 2.11 bits per heavy atom. The third-order valence-electron chi connectivity index (χ3n) is 6.10. The number of unbranched alkanes of at least 4 members (excludes halogenated alkanes) is 4. The van der Waals surface area contributed by atoms with E-state index in [1.165, 1.54) is 0 Å². The number of ether oxygens (including phenoxy) is 2. The second kappa shape index (κ2) is 18.2. The second-order valence-electron chi connectivity index (χ2n) is 12.2. The molecule has 0 radical (unpaired) electrons. The maximum Gasteiger partial charge on any atom is 0.308 e. The predicted octanol–water partition coefficient (Wildman–Crippen LogP) is 6.55.